The SMILES string of the molecule is C=CC1=C(C(=O)O)N2C(=O)[C@@H](NC(=O)/C(=N\OC(C)=O)c3csc(NC(C)=O)n3)[C@H]2SC1. The van der Waals surface area contributed by atoms with Crippen LogP contribution < -0.4 is 10.6 Å². The van der Waals surface area contributed by atoms with Crippen LogP contribution >= 0.6 is 23.1 Å². The van der Waals surface area contributed by atoms with Gasteiger partial charge in [0.1, 0.15) is 22.8 Å². The fourth-order valence-electron chi connectivity index (χ4n) is 2.91. The third-order valence-corrected chi connectivity index (χ3v) is 6.30. The Morgan fingerprint density at radius 3 is 2.69 bits per heavy atom. The highest BCUT2D eigenvalue weighted by Crippen LogP contribution is 2.40. The second-order valence-electron chi connectivity index (χ2n) is 6.49. The van der Waals surface area contributed by atoms with E-state index in [1.165, 1.54) is 30.1 Å². The molecule has 32 heavy (non-hydrogen) atoms. The molecule has 0 aliphatic carbocycles. The number of oxime groups is 1. The minimum Gasteiger partial charge on any atom is -0.477 e. The second kappa shape index (κ2) is 9.32. The van der Waals surface area contributed by atoms with Crippen molar-refractivity contribution in [1.82, 2.24) is 15.2 Å². The molecule has 3 rings (SSSR count). The maximum Gasteiger partial charge on any atom is 0.352 e. The fraction of sp³-hybridized carbons (Fsp3) is 0.278. The molecule has 1 fully saturated rings. The van der Waals surface area contributed by atoms with Gasteiger partial charge in [0.15, 0.2) is 10.8 Å². The zero-order chi connectivity index (χ0) is 23.6. The number of carbonyl (C=O) groups is 5. The average molecular weight is 479 g/mol. The molecule has 0 spiro atoms. The first-order chi connectivity index (χ1) is 15.1. The first kappa shape index (κ1) is 23.1. The number of hydrogen-bond donors (Lipinski definition) is 3. The lowest BCUT2D eigenvalue weighted by molar-refractivity contribution is -0.150. The van der Waals surface area contributed by atoms with Gasteiger partial charge in [0.25, 0.3) is 11.8 Å². The van der Waals surface area contributed by atoms with Crippen LogP contribution in [-0.2, 0) is 28.8 Å². The van der Waals surface area contributed by atoms with Gasteiger partial charge in [-0.3, -0.25) is 19.3 Å². The third kappa shape index (κ3) is 4.55. The summed E-state index contributed by atoms with van der Waals surface area (Å²) in [5, 5.41) is 18.9. The molecule has 12 nitrogen and oxygen atoms in total. The summed E-state index contributed by atoms with van der Waals surface area (Å²) in [5.74, 6) is -3.60. The van der Waals surface area contributed by atoms with Gasteiger partial charge in [-0.15, -0.1) is 23.1 Å². The van der Waals surface area contributed by atoms with Crippen molar-refractivity contribution < 1.29 is 33.9 Å². The zero-order valence-corrected chi connectivity index (χ0v) is 18.4. The lowest BCUT2D eigenvalue weighted by Gasteiger charge is -2.49. The number of allylic oxidation sites excluding steroid dienone is 1. The highest BCUT2D eigenvalue weighted by atomic mass is 32.2. The number of aromatic nitrogens is 1. The summed E-state index contributed by atoms with van der Waals surface area (Å²) < 4.78 is 0. The van der Waals surface area contributed by atoms with Crippen molar-refractivity contribution in [2.45, 2.75) is 25.3 Å². The van der Waals surface area contributed by atoms with Crippen molar-refractivity contribution in [3.63, 3.8) is 0 Å². The number of aliphatic carboxylic acids is 1. The predicted octanol–water partition coefficient (Wildman–Crippen LogP) is 0.293. The summed E-state index contributed by atoms with van der Waals surface area (Å²) in [5.41, 5.74) is -0.146. The monoisotopic (exact) mass is 479 g/mol. The molecular weight excluding hydrogens is 462 g/mol. The molecule has 3 heterocycles. The number of amides is 3. The van der Waals surface area contributed by atoms with E-state index in [-0.39, 0.29) is 28.1 Å². The molecule has 0 saturated carbocycles. The molecule has 0 aromatic carbocycles. The van der Waals surface area contributed by atoms with E-state index < -0.39 is 35.2 Å². The van der Waals surface area contributed by atoms with Crippen LogP contribution in [0.5, 0.6) is 0 Å². The molecule has 1 aromatic heterocycles. The third-order valence-electron chi connectivity index (χ3n) is 4.24. The van der Waals surface area contributed by atoms with Gasteiger partial charge in [0.05, 0.1) is 0 Å². The number of β-lactam (4-membered cyclic amide) rings is 1. The molecule has 3 amide bonds. The van der Waals surface area contributed by atoms with Gasteiger partial charge in [-0.2, -0.15) is 0 Å². The van der Waals surface area contributed by atoms with E-state index in [2.05, 4.69) is 32.2 Å². The number of thiazole rings is 1. The zero-order valence-electron chi connectivity index (χ0n) is 16.8. The number of fused-ring (bicyclic) bond motifs is 1. The number of carboxylic acid groups (broad SMARTS) is 1. The molecule has 14 heteroatoms. The number of nitrogens with zero attached hydrogens (tertiary/aromatic N) is 3. The first-order valence-corrected chi connectivity index (χ1v) is 10.9. The Bertz CT molecular complexity index is 1090. The number of nitrogens with one attached hydrogen (secondary N) is 2. The van der Waals surface area contributed by atoms with E-state index in [0.29, 0.717) is 11.3 Å². The van der Waals surface area contributed by atoms with Gasteiger partial charge in [0.2, 0.25) is 5.91 Å². The maximum absolute atomic E-state index is 12.9. The van der Waals surface area contributed by atoms with E-state index in [4.69, 9.17) is 0 Å². The van der Waals surface area contributed by atoms with E-state index in [1.807, 2.05) is 0 Å². The van der Waals surface area contributed by atoms with E-state index in [1.54, 1.807) is 0 Å². The van der Waals surface area contributed by atoms with Crippen molar-refractivity contribution in [2.75, 3.05) is 11.1 Å². The number of anilines is 1. The van der Waals surface area contributed by atoms with Crippen LogP contribution in [0.15, 0.2) is 34.5 Å². The molecule has 3 N–H and O–H groups in total. The van der Waals surface area contributed by atoms with Crippen LogP contribution in [0.1, 0.15) is 19.5 Å². The summed E-state index contributed by atoms with van der Waals surface area (Å²) in [6.07, 6.45) is 1.38. The van der Waals surface area contributed by atoms with Crippen molar-refractivity contribution in [2.24, 2.45) is 5.16 Å². The summed E-state index contributed by atoms with van der Waals surface area (Å²) in [4.78, 5) is 69.2. The van der Waals surface area contributed by atoms with Crippen molar-refractivity contribution >= 4 is 63.6 Å². The molecule has 2 atom stereocenters. The van der Waals surface area contributed by atoms with Gasteiger partial charge in [0, 0.05) is 25.0 Å². The molecule has 2 aliphatic rings. The Morgan fingerprint density at radius 2 is 2.09 bits per heavy atom. The Hall–Kier alpha value is -3.52. The van der Waals surface area contributed by atoms with Crippen molar-refractivity contribution in [3.05, 3.63) is 35.0 Å². The number of hydrogen-bond acceptors (Lipinski definition) is 10. The normalized spacial score (nSPS) is 20.1. The van der Waals surface area contributed by atoms with Crippen LogP contribution in [0.3, 0.4) is 0 Å². The summed E-state index contributed by atoms with van der Waals surface area (Å²) in [7, 11) is 0. The van der Waals surface area contributed by atoms with Gasteiger partial charge in [-0.25, -0.2) is 14.6 Å². The van der Waals surface area contributed by atoms with Gasteiger partial charge in [-0.05, 0) is 5.57 Å². The second-order valence-corrected chi connectivity index (χ2v) is 8.45. The van der Waals surface area contributed by atoms with Crippen molar-refractivity contribution in [3.8, 4) is 0 Å². The number of carboxylic acids is 1. The Morgan fingerprint density at radius 1 is 1.38 bits per heavy atom. The molecule has 168 valence electrons. The average Bonchev–Trinajstić information content (AvgIpc) is 3.17. The molecule has 0 radical (unpaired) electrons. The highest BCUT2D eigenvalue weighted by Gasteiger charge is 2.54. The van der Waals surface area contributed by atoms with Gasteiger partial charge in [-0.1, -0.05) is 17.8 Å². The van der Waals surface area contributed by atoms with Crippen LogP contribution in [0.2, 0.25) is 0 Å². The smallest absolute Gasteiger partial charge is 0.352 e. The Labute approximate surface area is 189 Å². The minimum absolute atomic E-state index is 0.0116. The summed E-state index contributed by atoms with van der Waals surface area (Å²) in [6, 6.07) is -1.02. The molecule has 0 unspecified atom stereocenters. The number of rotatable bonds is 7. The molecule has 1 saturated heterocycles. The summed E-state index contributed by atoms with van der Waals surface area (Å²) in [6.45, 7) is 5.95. The topological polar surface area (TPSA) is 167 Å². The highest BCUT2D eigenvalue weighted by molar-refractivity contribution is 8.00. The first-order valence-electron chi connectivity index (χ1n) is 8.97. The quantitative estimate of drug-likeness (QED) is 0.215. The number of thioether (sulfide) groups is 1. The van der Waals surface area contributed by atoms with E-state index in [9.17, 15) is 29.1 Å². The molecular formula is C18H17N5O7S2. The Balaban J connectivity index is 1.82. The van der Waals surface area contributed by atoms with Gasteiger partial charge >= 0.3 is 11.9 Å². The minimum atomic E-state index is -1.27. The largest absolute Gasteiger partial charge is 0.477 e. The summed E-state index contributed by atoms with van der Waals surface area (Å²) >= 11 is 2.29. The van der Waals surface area contributed by atoms with E-state index in [0.717, 1.165) is 23.2 Å². The van der Waals surface area contributed by atoms with Crippen LogP contribution in [0.25, 0.3) is 0 Å². The van der Waals surface area contributed by atoms with Crippen LogP contribution in [0, 0.1) is 0 Å². The van der Waals surface area contributed by atoms with Crippen LogP contribution in [-0.4, -0.2) is 67.5 Å². The molecule has 2 aliphatic heterocycles. The molecule has 1 aromatic rings. The lowest BCUT2D eigenvalue weighted by atomic mass is 10.0. The number of carbonyl (C=O) groups excluding carboxylic acids is 4. The van der Waals surface area contributed by atoms with Gasteiger partial charge < -0.3 is 20.6 Å². The predicted molar refractivity (Wildman–Crippen MR) is 115 cm³/mol. The standard InChI is InChI=1S/C18H17N5O7S2/c1-4-9-5-31-16-12(15(27)23(16)13(9)17(28)29)21-14(26)11(22-30-8(3)25)10-6-32-18(20-10)19-7(2)24/h4,6,12,16H,1,5H2,2-3H3,(H,21,26)(H,28,29)(H,19,20,24)/b22-11-/t12-,16-/m1/s1. The molecule has 0 bridgehead atoms. The lowest BCUT2D eigenvalue weighted by Crippen LogP contribution is -2.71. The van der Waals surface area contributed by atoms with E-state index >= 15 is 0 Å². The van der Waals surface area contributed by atoms with Crippen LogP contribution in [0.4, 0.5) is 5.13 Å². The van der Waals surface area contributed by atoms with Crippen molar-refractivity contribution in [1.29, 1.82) is 0 Å². The Kier molecular flexibility index (Phi) is 6.74. The fourth-order valence-corrected chi connectivity index (χ4v) is 5.00. The maximum atomic E-state index is 12.9.